The average molecular weight is 408 g/mol. The normalized spacial score (nSPS) is 13.8. The minimum absolute atomic E-state index is 0.0755. The number of nitrogens with zero attached hydrogens (tertiary/aromatic N) is 1. The van der Waals surface area contributed by atoms with Gasteiger partial charge >= 0.3 is 13.7 Å². The molecule has 1 N–H and O–H groups in total. The lowest BCUT2D eigenvalue weighted by atomic mass is 10.3. The quantitative estimate of drug-likeness (QED) is 0.270. The van der Waals surface area contributed by atoms with E-state index in [1.54, 1.807) is 30.3 Å². The van der Waals surface area contributed by atoms with Gasteiger partial charge in [-0.05, 0) is 37.6 Å². The molecule has 0 saturated carbocycles. The van der Waals surface area contributed by atoms with Gasteiger partial charge in [-0.1, -0.05) is 25.1 Å². The number of non-ortho nitro benzene ring substituents is 1. The van der Waals surface area contributed by atoms with Gasteiger partial charge in [-0.3, -0.25) is 14.9 Å². The van der Waals surface area contributed by atoms with Crippen molar-refractivity contribution in [2.24, 2.45) is 0 Å². The number of hydrogen-bond acceptors (Lipinski definition) is 7. The topological polar surface area (TPSA) is 117 Å². The van der Waals surface area contributed by atoms with Crippen LogP contribution in [-0.4, -0.2) is 23.5 Å². The number of para-hydroxylation sites is 1. The highest BCUT2D eigenvalue weighted by atomic mass is 31.2. The third kappa shape index (κ3) is 6.37. The lowest BCUT2D eigenvalue weighted by Crippen LogP contribution is -2.35. The van der Waals surface area contributed by atoms with E-state index < -0.39 is 24.7 Å². The monoisotopic (exact) mass is 408 g/mol. The zero-order chi connectivity index (χ0) is 20.6. The van der Waals surface area contributed by atoms with E-state index >= 15 is 0 Å². The number of carbonyl (C=O) groups excluding carboxylic acids is 1. The second kappa shape index (κ2) is 9.87. The molecule has 2 aromatic rings. The number of nitrogens with one attached hydrogen (secondary N) is 1. The predicted octanol–water partition coefficient (Wildman–Crippen LogP) is 4.09. The number of carbonyl (C=O) groups is 1. The molecule has 0 bridgehead atoms. The van der Waals surface area contributed by atoms with Crippen molar-refractivity contribution < 1.29 is 28.1 Å². The molecule has 0 aliphatic heterocycles. The van der Waals surface area contributed by atoms with Crippen LogP contribution in [0, 0.1) is 10.1 Å². The van der Waals surface area contributed by atoms with Crippen LogP contribution < -0.4 is 14.1 Å². The number of esters is 1. The average Bonchev–Trinajstić information content (AvgIpc) is 2.66. The summed E-state index contributed by atoms with van der Waals surface area (Å²) in [4.78, 5) is 22.2. The van der Waals surface area contributed by atoms with Crippen LogP contribution in [0.25, 0.3) is 0 Å². The molecule has 28 heavy (non-hydrogen) atoms. The first-order chi connectivity index (χ1) is 13.3. The summed E-state index contributed by atoms with van der Waals surface area (Å²) in [5, 5.41) is 13.3. The molecule has 1 unspecified atom stereocenters. The smallest absolute Gasteiger partial charge is 0.465 e. The molecule has 0 aliphatic rings. The molecule has 0 aromatic heterocycles. The van der Waals surface area contributed by atoms with Crippen LogP contribution >= 0.6 is 7.75 Å². The van der Waals surface area contributed by atoms with E-state index in [0.29, 0.717) is 6.42 Å². The molecule has 2 atom stereocenters. The third-order valence-corrected chi connectivity index (χ3v) is 5.00. The number of rotatable bonds is 10. The minimum atomic E-state index is -4.06. The second-order valence-electron chi connectivity index (χ2n) is 5.76. The Bertz CT molecular complexity index is 843. The Morgan fingerprint density at radius 2 is 1.68 bits per heavy atom. The maximum absolute atomic E-state index is 13.3. The molecular weight excluding hydrogens is 387 g/mol. The summed E-state index contributed by atoms with van der Waals surface area (Å²) in [6.07, 6.45) is 0.649. The van der Waals surface area contributed by atoms with E-state index in [1.165, 1.54) is 31.2 Å². The number of nitro benzene ring substituents is 1. The van der Waals surface area contributed by atoms with Gasteiger partial charge < -0.3 is 13.8 Å². The van der Waals surface area contributed by atoms with E-state index in [4.69, 9.17) is 13.8 Å². The molecular formula is C18H21N2O7P. The van der Waals surface area contributed by atoms with Crippen molar-refractivity contribution in [3.8, 4) is 11.5 Å². The lowest BCUT2D eigenvalue weighted by Gasteiger charge is -2.23. The maximum Gasteiger partial charge on any atom is 0.513 e. The maximum atomic E-state index is 13.3. The van der Waals surface area contributed by atoms with Gasteiger partial charge in [0.1, 0.15) is 17.5 Å². The van der Waals surface area contributed by atoms with E-state index in [2.05, 4.69) is 5.09 Å². The first-order valence-corrected chi connectivity index (χ1v) is 10.1. The van der Waals surface area contributed by atoms with Crippen LogP contribution in [0.15, 0.2) is 54.6 Å². The number of nitro groups is 1. The Morgan fingerprint density at radius 3 is 2.21 bits per heavy atom. The largest absolute Gasteiger partial charge is 0.513 e. The third-order valence-electron chi connectivity index (χ3n) is 3.40. The van der Waals surface area contributed by atoms with E-state index in [0.717, 1.165) is 0 Å². The highest BCUT2D eigenvalue weighted by molar-refractivity contribution is 7.52. The van der Waals surface area contributed by atoms with Crippen molar-refractivity contribution in [1.82, 2.24) is 5.09 Å². The molecule has 10 heteroatoms. The standard InChI is InChI=1S/C18H21N2O7P/c1-3-13-25-18(21)14(2)19-28(24,26-16-7-5-4-6-8-16)27-17-11-9-15(10-12-17)20(22)23/h4-12,14H,3,13H2,1-2H3,(H,19,24)/t14-,28?/m0/s1. The first kappa shape index (κ1) is 21.4. The van der Waals surface area contributed by atoms with Gasteiger partial charge in [0.05, 0.1) is 11.5 Å². The van der Waals surface area contributed by atoms with E-state index in [-0.39, 0.29) is 23.8 Å². The van der Waals surface area contributed by atoms with Crippen molar-refractivity contribution >= 4 is 19.4 Å². The molecule has 150 valence electrons. The molecule has 0 radical (unpaired) electrons. The summed E-state index contributed by atoms with van der Waals surface area (Å²) in [7, 11) is -4.06. The minimum Gasteiger partial charge on any atom is -0.465 e. The Balaban J connectivity index is 2.21. The SMILES string of the molecule is CCCOC(=O)[C@H](C)NP(=O)(Oc1ccccc1)Oc1ccc([N+](=O)[O-])cc1. The van der Waals surface area contributed by atoms with Gasteiger partial charge in [-0.15, -0.1) is 0 Å². The Labute approximate surface area is 162 Å². The van der Waals surface area contributed by atoms with Gasteiger partial charge in [-0.25, -0.2) is 4.57 Å². The number of benzene rings is 2. The molecule has 2 aromatic carbocycles. The molecule has 0 saturated heterocycles. The molecule has 9 nitrogen and oxygen atoms in total. The summed E-state index contributed by atoms with van der Waals surface area (Å²) in [5.74, 6) is -0.271. The van der Waals surface area contributed by atoms with Gasteiger partial charge in [0.2, 0.25) is 0 Å². The van der Waals surface area contributed by atoms with Crippen LogP contribution in [0.4, 0.5) is 5.69 Å². The summed E-state index contributed by atoms with van der Waals surface area (Å²) in [6.45, 7) is 3.56. The molecule has 0 spiro atoms. The van der Waals surface area contributed by atoms with Gasteiger partial charge in [-0.2, -0.15) is 5.09 Å². The fraction of sp³-hybridized carbons (Fsp3) is 0.278. The van der Waals surface area contributed by atoms with Crippen LogP contribution in [0.3, 0.4) is 0 Å². The van der Waals surface area contributed by atoms with Crippen molar-refractivity contribution in [2.75, 3.05) is 6.61 Å². The Kier molecular flexibility index (Phi) is 7.54. The van der Waals surface area contributed by atoms with Crippen molar-refractivity contribution in [3.05, 3.63) is 64.7 Å². The molecule has 0 fully saturated rings. The molecule has 0 aliphatic carbocycles. The highest BCUT2D eigenvalue weighted by Gasteiger charge is 2.33. The zero-order valence-corrected chi connectivity index (χ0v) is 16.3. The molecule has 2 rings (SSSR count). The van der Waals surface area contributed by atoms with E-state index in [9.17, 15) is 19.5 Å². The van der Waals surface area contributed by atoms with Crippen LogP contribution in [-0.2, 0) is 14.1 Å². The van der Waals surface area contributed by atoms with Crippen molar-refractivity contribution in [2.45, 2.75) is 26.3 Å². The number of hydrogen-bond donors (Lipinski definition) is 1. The highest BCUT2D eigenvalue weighted by Crippen LogP contribution is 2.45. The van der Waals surface area contributed by atoms with Crippen molar-refractivity contribution in [1.29, 1.82) is 0 Å². The van der Waals surface area contributed by atoms with Crippen LogP contribution in [0.1, 0.15) is 20.3 Å². The fourth-order valence-corrected chi connectivity index (χ4v) is 3.60. The molecule has 0 amide bonds. The fourth-order valence-electron chi connectivity index (χ4n) is 2.08. The van der Waals surface area contributed by atoms with Gasteiger partial charge in [0.15, 0.2) is 0 Å². The lowest BCUT2D eigenvalue weighted by molar-refractivity contribution is -0.384. The Hall–Kier alpha value is -2.90. The first-order valence-electron chi connectivity index (χ1n) is 8.56. The molecule has 0 heterocycles. The summed E-state index contributed by atoms with van der Waals surface area (Å²) < 4.78 is 29.2. The predicted molar refractivity (Wildman–Crippen MR) is 102 cm³/mol. The van der Waals surface area contributed by atoms with Crippen LogP contribution in [0.5, 0.6) is 11.5 Å². The van der Waals surface area contributed by atoms with E-state index in [1.807, 2.05) is 6.92 Å². The van der Waals surface area contributed by atoms with Gasteiger partial charge in [0, 0.05) is 12.1 Å². The number of ether oxygens (including phenoxy) is 1. The summed E-state index contributed by atoms with van der Waals surface area (Å²) in [5.41, 5.74) is -0.143. The van der Waals surface area contributed by atoms with Crippen molar-refractivity contribution in [3.63, 3.8) is 0 Å². The summed E-state index contributed by atoms with van der Waals surface area (Å²) >= 11 is 0. The van der Waals surface area contributed by atoms with Crippen LogP contribution in [0.2, 0.25) is 0 Å². The van der Waals surface area contributed by atoms with Gasteiger partial charge in [0.25, 0.3) is 5.69 Å². The second-order valence-corrected chi connectivity index (χ2v) is 7.38. The zero-order valence-electron chi connectivity index (χ0n) is 15.4. The Morgan fingerprint density at radius 1 is 1.11 bits per heavy atom. The summed E-state index contributed by atoms with van der Waals surface area (Å²) in [6, 6.07) is 12.3.